The van der Waals surface area contributed by atoms with Crippen molar-refractivity contribution in [2.45, 2.75) is 32.4 Å². The summed E-state index contributed by atoms with van der Waals surface area (Å²) in [5, 5.41) is 3.05. The van der Waals surface area contributed by atoms with Crippen molar-refractivity contribution in [3.63, 3.8) is 0 Å². The van der Waals surface area contributed by atoms with Crippen LogP contribution in [0.3, 0.4) is 0 Å². The molecule has 0 unspecified atom stereocenters. The van der Waals surface area contributed by atoms with Crippen LogP contribution in [-0.4, -0.2) is 51.3 Å². The molecule has 6 heteroatoms. The third kappa shape index (κ3) is 5.18. The van der Waals surface area contributed by atoms with Crippen molar-refractivity contribution in [2.24, 2.45) is 0 Å². The van der Waals surface area contributed by atoms with Gasteiger partial charge < -0.3 is 19.9 Å². The topological polar surface area (TPSA) is 47.2 Å². The summed E-state index contributed by atoms with van der Waals surface area (Å²) in [4.78, 5) is 15.5. The first-order valence-corrected chi connectivity index (χ1v) is 11.0. The normalized spacial score (nSPS) is 21.5. The number of quaternary nitrogens is 2. The molecule has 2 aliphatic heterocycles. The molecule has 4 rings (SSSR count). The Morgan fingerprint density at radius 1 is 1.10 bits per heavy atom. The first kappa shape index (κ1) is 20.8. The van der Waals surface area contributed by atoms with E-state index in [-0.39, 0.29) is 17.8 Å². The van der Waals surface area contributed by atoms with Crippen molar-refractivity contribution < 1.29 is 23.7 Å². The van der Waals surface area contributed by atoms with E-state index >= 15 is 0 Å². The summed E-state index contributed by atoms with van der Waals surface area (Å²) in [5.74, 6) is 0.919. The Morgan fingerprint density at radius 2 is 1.83 bits per heavy atom. The Labute approximate surface area is 177 Å². The molecule has 5 nitrogen and oxygen atoms in total. The lowest BCUT2D eigenvalue weighted by Gasteiger charge is -2.32. The zero-order chi connectivity index (χ0) is 20.9. The molecule has 1 saturated heterocycles. The summed E-state index contributed by atoms with van der Waals surface area (Å²) >= 11 is 0. The fraction of sp³-hybridized carbons (Fsp3) is 0.458. The van der Waals surface area contributed by atoms with Crippen LogP contribution in [0.1, 0.15) is 23.6 Å². The molecule has 0 spiro atoms. The average Bonchev–Trinajstić information content (AvgIpc) is 3.23. The zero-order valence-corrected chi connectivity index (χ0v) is 17.7. The maximum atomic E-state index is 13.0. The van der Waals surface area contributed by atoms with E-state index in [4.69, 9.17) is 4.74 Å². The number of halogens is 1. The highest BCUT2D eigenvalue weighted by atomic mass is 19.1. The quantitative estimate of drug-likeness (QED) is 0.589. The number of benzene rings is 2. The second-order valence-electron chi connectivity index (χ2n) is 8.51. The number of hydrogen-bond acceptors (Lipinski definition) is 2. The molecule has 160 valence electrons. The van der Waals surface area contributed by atoms with Gasteiger partial charge in [0.1, 0.15) is 44.3 Å². The minimum absolute atomic E-state index is 0.0445. The average molecular weight is 414 g/mol. The van der Waals surface area contributed by atoms with Gasteiger partial charge in [-0.25, -0.2) is 4.39 Å². The summed E-state index contributed by atoms with van der Waals surface area (Å²) < 4.78 is 18.6. The van der Waals surface area contributed by atoms with Gasteiger partial charge in [-0.1, -0.05) is 12.1 Å². The monoisotopic (exact) mass is 413 g/mol. The molecule has 1 atom stereocenters. The lowest BCUT2D eigenvalue weighted by molar-refractivity contribution is -1.02. The summed E-state index contributed by atoms with van der Waals surface area (Å²) in [6, 6.07) is 13.0. The standard InChI is InChI=1S/C24H30FN3O2/c1-18(24(29)26-10-8-19-2-5-22(25)6-3-19)28-13-11-27(12-14-28)17-20-4-7-23-21(16-20)9-15-30-23/h2-7,16,18H,8-15,17H2,1H3,(H,26,29)/p+2/t18-/m0/s1. The molecule has 30 heavy (non-hydrogen) atoms. The van der Waals surface area contributed by atoms with E-state index in [1.807, 2.05) is 6.92 Å². The maximum absolute atomic E-state index is 13.0. The van der Waals surface area contributed by atoms with E-state index in [9.17, 15) is 9.18 Å². The lowest BCUT2D eigenvalue weighted by atomic mass is 10.1. The van der Waals surface area contributed by atoms with Crippen molar-refractivity contribution in [3.05, 3.63) is 65.0 Å². The Hall–Kier alpha value is -2.44. The number of rotatable bonds is 7. The Bertz CT molecular complexity index is 863. The molecule has 2 aromatic carbocycles. The van der Waals surface area contributed by atoms with E-state index in [2.05, 4.69) is 23.5 Å². The van der Waals surface area contributed by atoms with Crippen molar-refractivity contribution in [1.82, 2.24) is 5.32 Å². The third-order valence-electron chi connectivity index (χ3n) is 6.44. The molecule has 0 saturated carbocycles. The van der Waals surface area contributed by atoms with Gasteiger partial charge in [0.2, 0.25) is 0 Å². The van der Waals surface area contributed by atoms with Gasteiger partial charge in [-0.05, 0) is 54.8 Å². The van der Waals surface area contributed by atoms with Gasteiger partial charge in [0, 0.05) is 18.5 Å². The first-order valence-electron chi connectivity index (χ1n) is 11.0. The van der Waals surface area contributed by atoms with Gasteiger partial charge in [-0.15, -0.1) is 0 Å². The SMILES string of the molecule is C[C@@H](C(=O)NCCc1ccc(F)cc1)[NH+]1CC[NH+](Cc2ccc3c(c2)CCO3)CC1. The summed E-state index contributed by atoms with van der Waals surface area (Å²) in [6.07, 6.45) is 1.74. The highest BCUT2D eigenvalue weighted by Gasteiger charge is 2.31. The van der Waals surface area contributed by atoms with Crippen LogP contribution in [0.2, 0.25) is 0 Å². The van der Waals surface area contributed by atoms with E-state index in [1.165, 1.54) is 28.2 Å². The number of nitrogens with one attached hydrogen (secondary N) is 3. The van der Waals surface area contributed by atoms with Crippen molar-refractivity contribution >= 4 is 5.91 Å². The van der Waals surface area contributed by atoms with Crippen LogP contribution in [0.25, 0.3) is 0 Å². The molecule has 0 aliphatic carbocycles. The van der Waals surface area contributed by atoms with E-state index in [0.717, 1.165) is 63.5 Å². The predicted octanol–water partition coefficient (Wildman–Crippen LogP) is -0.209. The van der Waals surface area contributed by atoms with Crippen LogP contribution >= 0.6 is 0 Å². The molecule has 2 aliphatic rings. The molecular formula is C24H32FN3O2+2. The molecule has 1 fully saturated rings. The van der Waals surface area contributed by atoms with Crippen molar-refractivity contribution in [2.75, 3.05) is 39.3 Å². The largest absolute Gasteiger partial charge is 0.493 e. The van der Waals surface area contributed by atoms with Crippen LogP contribution in [0.15, 0.2) is 42.5 Å². The maximum Gasteiger partial charge on any atom is 0.278 e. The molecule has 0 radical (unpaired) electrons. The van der Waals surface area contributed by atoms with Gasteiger partial charge in [-0.3, -0.25) is 4.79 Å². The van der Waals surface area contributed by atoms with Gasteiger partial charge >= 0.3 is 0 Å². The summed E-state index contributed by atoms with van der Waals surface area (Å²) in [6.45, 7) is 8.63. The minimum atomic E-state index is -0.230. The molecule has 2 heterocycles. The number of carbonyl (C=O) groups excluding carboxylic acids is 1. The van der Waals surface area contributed by atoms with Crippen molar-refractivity contribution in [1.29, 1.82) is 0 Å². The van der Waals surface area contributed by atoms with Crippen molar-refractivity contribution in [3.8, 4) is 5.75 Å². The molecule has 2 aromatic rings. The lowest BCUT2D eigenvalue weighted by Crippen LogP contribution is -3.29. The Morgan fingerprint density at radius 3 is 2.60 bits per heavy atom. The van der Waals surface area contributed by atoms with Crippen LogP contribution in [0, 0.1) is 5.82 Å². The summed E-state index contributed by atoms with van der Waals surface area (Å²) in [5.41, 5.74) is 3.75. The minimum Gasteiger partial charge on any atom is -0.493 e. The highest BCUT2D eigenvalue weighted by Crippen LogP contribution is 2.25. The van der Waals surface area contributed by atoms with Crippen LogP contribution in [0.5, 0.6) is 5.75 Å². The van der Waals surface area contributed by atoms with Gasteiger partial charge in [0.15, 0.2) is 6.04 Å². The fourth-order valence-electron chi connectivity index (χ4n) is 4.49. The number of fused-ring (bicyclic) bond motifs is 1. The molecule has 0 aromatic heterocycles. The smallest absolute Gasteiger partial charge is 0.278 e. The molecule has 0 bridgehead atoms. The number of piperazine rings is 1. The molecular weight excluding hydrogens is 381 g/mol. The third-order valence-corrected chi connectivity index (χ3v) is 6.44. The van der Waals surface area contributed by atoms with Gasteiger partial charge in [-0.2, -0.15) is 0 Å². The fourth-order valence-corrected chi connectivity index (χ4v) is 4.49. The second-order valence-corrected chi connectivity index (χ2v) is 8.51. The number of ether oxygens (including phenoxy) is 1. The summed E-state index contributed by atoms with van der Waals surface area (Å²) in [7, 11) is 0. The van der Waals surface area contributed by atoms with E-state index in [1.54, 1.807) is 17.0 Å². The highest BCUT2D eigenvalue weighted by molar-refractivity contribution is 5.79. The Kier molecular flexibility index (Phi) is 6.65. The van der Waals surface area contributed by atoms with E-state index in [0.29, 0.717) is 6.54 Å². The number of carbonyl (C=O) groups is 1. The number of amides is 1. The zero-order valence-electron chi connectivity index (χ0n) is 17.7. The van der Waals surface area contributed by atoms with E-state index < -0.39 is 0 Å². The van der Waals surface area contributed by atoms with Crippen LogP contribution < -0.4 is 19.9 Å². The molecule has 1 amide bonds. The second kappa shape index (κ2) is 9.58. The first-order chi connectivity index (χ1) is 14.6. The number of hydrogen-bond donors (Lipinski definition) is 3. The van der Waals surface area contributed by atoms with Gasteiger partial charge in [0.05, 0.1) is 6.61 Å². The molecule has 3 N–H and O–H groups in total. The Balaban J connectivity index is 1.19. The predicted molar refractivity (Wildman–Crippen MR) is 113 cm³/mol. The van der Waals surface area contributed by atoms with Crippen LogP contribution in [-0.2, 0) is 24.2 Å². The van der Waals surface area contributed by atoms with Crippen LogP contribution in [0.4, 0.5) is 4.39 Å². The van der Waals surface area contributed by atoms with Gasteiger partial charge in [0.25, 0.3) is 5.91 Å².